The van der Waals surface area contributed by atoms with Crippen LogP contribution in [-0.4, -0.2) is 38.1 Å². The molecular weight excluding hydrogens is 405 g/mol. The molecule has 2 heterocycles. The van der Waals surface area contributed by atoms with Gasteiger partial charge in [-0.05, 0) is 41.4 Å². The van der Waals surface area contributed by atoms with Crippen LogP contribution in [-0.2, 0) is 0 Å². The highest BCUT2D eigenvalue weighted by Crippen LogP contribution is 2.45. The van der Waals surface area contributed by atoms with Crippen LogP contribution >= 0.6 is 23.6 Å². The van der Waals surface area contributed by atoms with E-state index in [2.05, 4.69) is 5.32 Å². The predicted octanol–water partition coefficient (Wildman–Crippen LogP) is 2.43. The molecule has 0 radical (unpaired) electrons. The van der Waals surface area contributed by atoms with Gasteiger partial charge in [-0.3, -0.25) is 4.79 Å². The first-order valence-corrected chi connectivity index (χ1v) is 8.81. The minimum Gasteiger partial charge on any atom is -0.504 e. The van der Waals surface area contributed by atoms with Crippen molar-refractivity contribution in [3.05, 3.63) is 46.2 Å². The zero-order valence-corrected chi connectivity index (χ0v) is 15.0. The topological polar surface area (TPSA) is 102 Å². The number of hydrogen-bond donors (Lipinski definition) is 5. The number of hydrogen-bond acceptors (Lipinski definition) is 6. The smallest absolute Gasteiger partial charge is 0.437 e. The van der Waals surface area contributed by atoms with Crippen molar-refractivity contribution in [2.24, 2.45) is 5.92 Å². The number of carbonyl (C=O) groups excluding carboxylic acids is 1. The molecule has 0 aliphatic carbocycles. The fourth-order valence-electron chi connectivity index (χ4n) is 2.92. The molecule has 1 saturated heterocycles. The molecule has 1 aliphatic rings. The Hall–Kier alpha value is -2.37. The minimum absolute atomic E-state index is 0.0205. The van der Waals surface area contributed by atoms with Crippen LogP contribution in [0.3, 0.4) is 0 Å². The summed E-state index contributed by atoms with van der Waals surface area (Å²) >= 11 is 5.73. The van der Waals surface area contributed by atoms with Gasteiger partial charge in [0.25, 0.3) is 0 Å². The summed E-state index contributed by atoms with van der Waals surface area (Å²) < 4.78 is 41.2. The Morgan fingerprint density at radius 3 is 2.48 bits per heavy atom. The number of nitrogens with one attached hydrogen (secondary N) is 2. The lowest BCUT2D eigenvalue weighted by Gasteiger charge is -2.46. The van der Waals surface area contributed by atoms with Gasteiger partial charge in [0.2, 0.25) is 5.72 Å². The SMILES string of the molecule is O=C(c1cccs1)C1C(c2ccc(O)c(O)c2)NC(=S)NC1(O)C(F)(F)F. The Morgan fingerprint density at radius 2 is 1.93 bits per heavy atom. The lowest BCUT2D eigenvalue weighted by molar-refractivity contribution is -0.285. The standard InChI is InChI=1S/C16H13F3N2O4S2/c17-16(18,19)15(25)11(13(24)10-2-1-5-27-10)12(20-14(26)21-15)7-3-4-8(22)9(23)6-7/h1-6,11-12,22-23,25H,(H2,20,21,26). The second-order valence-electron chi connectivity index (χ2n) is 5.91. The first kappa shape index (κ1) is 19.4. The third-order valence-electron chi connectivity index (χ3n) is 4.21. The lowest BCUT2D eigenvalue weighted by Crippen LogP contribution is -2.72. The van der Waals surface area contributed by atoms with Gasteiger partial charge in [0, 0.05) is 0 Å². The summed E-state index contributed by atoms with van der Waals surface area (Å²) in [5.74, 6) is -4.07. The van der Waals surface area contributed by atoms with Crippen molar-refractivity contribution in [1.82, 2.24) is 10.6 Å². The number of aromatic hydroxyl groups is 2. The summed E-state index contributed by atoms with van der Waals surface area (Å²) in [7, 11) is 0. The monoisotopic (exact) mass is 418 g/mol. The van der Waals surface area contributed by atoms with E-state index in [4.69, 9.17) is 12.2 Å². The molecule has 1 aromatic carbocycles. The Morgan fingerprint density at radius 1 is 1.22 bits per heavy atom. The molecule has 3 unspecified atom stereocenters. The molecule has 0 saturated carbocycles. The van der Waals surface area contributed by atoms with Crippen molar-refractivity contribution in [3.63, 3.8) is 0 Å². The van der Waals surface area contributed by atoms with Crippen LogP contribution in [0.2, 0.25) is 0 Å². The van der Waals surface area contributed by atoms with Gasteiger partial charge in [0.1, 0.15) is 5.92 Å². The van der Waals surface area contributed by atoms with E-state index in [9.17, 15) is 33.3 Å². The number of ketones is 1. The van der Waals surface area contributed by atoms with Crippen molar-refractivity contribution < 1.29 is 33.3 Å². The molecule has 6 nitrogen and oxygen atoms in total. The summed E-state index contributed by atoms with van der Waals surface area (Å²) in [4.78, 5) is 12.9. The minimum atomic E-state index is -5.23. The largest absolute Gasteiger partial charge is 0.504 e. The maximum atomic E-state index is 13.7. The zero-order chi connectivity index (χ0) is 20.0. The summed E-state index contributed by atoms with van der Waals surface area (Å²) in [5, 5.41) is 35.0. The number of Topliss-reactive ketones (excluding diaryl/α,β-unsaturated/α-hetero) is 1. The third-order valence-corrected chi connectivity index (χ3v) is 5.32. The summed E-state index contributed by atoms with van der Waals surface area (Å²) in [5.41, 5.74) is -3.60. The van der Waals surface area contributed by atoms with E-state index in [0.29, 0.717) is 0 Å². The van der Waals surface area contributed by atoms with Gasteiger partial charge in [-0.2, -0.15) is 13.2 Å². The van der Waals surface area contributed by atoms with Gasteiger partial charge in [-0.15, -0.1) is 11.3 Å². The van der Waals surface area contributed by atoms with Crippen molar-refractivity contribution in [2.75, 3.05) is 0 Å². The van der Waals surface area contributed by atoms with Gasteiger partial charge >= 0.3 is 6.18 Å². The number of carbonyl (C=O) groups is 1. The van der Waals surface area contributed by atoms with E-state index in [1.54, 1.807) is 5.32 Å². The lowest BCUT2D eigenvalue weighted by atomic mass is 9.78. The van der Waals surface area contributed by atoms with Crippen molar-refractivity contribution >= 4 is 34.5 Å². The molecule has 3 rings (SSSR count). The van der Waals surface area contributed by atoms with Crippen molar-refractivity contribution in [1.29, 1.82) is 0 Å². The van der Waals surface area contributed by atoms with E-state index in [0.717, 1.165) is 23.5 Å². The molecule has 11 heteroatoms. The van der Waals surface area contributed by atoms with E-state index in [1.807, 2.05) is 0 Å². The van der Waals surface area contributed by atoms with Crippen molar-refractivity contribution in [3.8, 4) is 11.5 Å². The summed E-state index contributed by atoms with van der Waals surface area (Å²) in [6, 6.07) is 4.74. The summed E-state index contributed by atoms with van der Waals surface area (Å²) in [6.07, 6.45) is -5.23. The van der Waals surface area contributed by atoms with Crippen LogP contribution in [0, 0.1) is 5.92 Å². The van der Waals surface area contributed by atoms with E-state index in [-0.39, 0.29) is 10.4 Å². The molecule has 144 valence electrons. The fourth-order valence-corrected chi connectivity index (χ4v) is 3.91. The highest BCUT2D eigenvalue weighted by molar-refractivity contribution is 7.80. The quantitative estimate of drug-likeness (QED) is 0.296. The fraction of sp³-hybridized carbons (Fsp3) is 0.250. The normalized spacial score (nSPS) is 25.6. The molecule has 2 aromatic rings. The number of benzene rings is 1. The molecule has 5 N–H and O–H groups in total. The Kier molecular flexibility index (Phi) is 4.78. The highest BCUT2D eigenvalue weighted by Gasteiger charge is 2.65. The molecular formula is C16H13F3N2O4S2. The average Bonchev–Trinajstić information content (AvgIpc) is 3.09. The zero-order valence-electron chi connectivity index (χ0n) is 13.3. The van der Waals surface area contributed by atoms with E-state index in [1.165, 1.54) is 23.6 Å². The van der Waals surface area contributed by atoms with Gasteiger partial charge in [0.15, 0.2) is 22.4 Å². The van der Waals surface area contributed by atoms with Crippen LogP contribution in [0.5, 0.6) is 11.5 Å². The van der Waals surface area contributed by atoms with Gasteiger partial charge in [-0.25, -0.2) is 0 Å². The molecule has 1 fully saturated rings. The maximum absolute atomic E-state index is 13.7. The van der Waals surface area contributed by atoms with Gasteiger partial charge in [0.05, 0.1) is 10.9 Å². The molecule has 0 amide bonds. The van der Waals surface area contributed by atoms with Gasteiger partial charge < -0.3 is 26.0 Å². The molecule has 3 atom stereocenters. The number of phenols is 2. The number of thiocarbonyl (C=S) groups is 1. The first-order chi connectivity index (χ1) is 12.5. The predicted molar refractivity (Wildman–Crippen MR) is 94.5 cm³/mol. The second-order valence-corrected chi connectivity index (χ2v) is 7.26. The maximum Gasteiger partial charge on any atom is 0.437 e. The van der Waals surface area contributed by atoms with E-state index >= 15 is 0 Å². The molecule has 1 aromatic heterocycles. The van der Waals surface area contributed by atoms with Crippen LogP contribution in [0.4, 0.5) is 13.2 Å². The van der Waals surface area contributed by atoms with Crippen LogP contribution in [0.15, 0.2) is 35.7 Å². The number of halogens is 3. The number of alkyl halides is 3. The average molecular weight is 418 g/mol. The number of aliphatic hydroxyl groups is 1. The first-order valence-electron chi connectivity index (χ1n) is 7.52. The Labute approximate surface area is 160 Å². The second kappa shape index (κ2) is 6.66. The molecule has 1 aliphatic heterocycles. The van der Waals surface area contributed by atoms with Crippen LogP contribution in [0.25, 0.3) is 0 Å². The molecule has 0 bridgehead atoms. The van der Waals surface area contributed by atoms with E-state index < -0.39 is 46.3 Å². The summed E-state index contributed by atoms with van der Waals surface area (Å²) in [6.45, 7) is 0. The van der Waals surface area contributed by atoms with Crippen molar-refractivity contribution in [2.45, 2.75) is 17.9 Å². The van der Waals surface area contributed by atoms with Gasteiger partial charge in [-0.1, -0.05) is 12.1 Å². The Bertz CT molecular complexity index is 888. The van der Waals surface area contributed by atoms with Crippen LogP contribution < -0.4 is 10.6 Å². The molecule has 0 spiro atoms. The number of thiophene rings is 1. The highest BCUT2D eigenvalue weighted by atomic mass is 32.1. The molecule has 27 heavy (non-hydrogen) atoms. The number of phenolic OH excluding ortho intramolecular Hbond substituents is 2. The number of rotatable bonds is 3. The Balaban J connectivity index is 2.17. The third kappa shape index (κ3) is 3.33. The van der Waals surface area contributed by atoms with Crippen LogP contribution in [0.1, 0.15) is 21.3 Å².